The van der Waals surface area contributed by atoms with Crippen LogP contribution in [-0.4, -0.2) is 20.2 Å². The van der Waals surface area contributed by atoms with Gasteiger partial charge in [-0.25, -0.2) is 4.98 Å². The summed E-state index contributed by atoms with van der Waals surface area (Å²) in [5.41, 5.74) is 1.28. The molecule has 2 aromatic heterocycles. The molecule has 0 amide bonds. The zero-order valence-electron chi connectivity index (χ0n) is 11.7. The topological polar surface area (TPSA) is 29.3 Å². The molecule has 2 rings (SSSR count). The minimum Gasteiger partial charge on any atom is -0.309 e. The predicted octanol–water partition coefficient (Wildman–Crippen LogP) is 3.78. The summed E-state index contributed by atoms with van der Waals surface area (Å²) in [7, 11) is 0. The Balaban J connectivity index is 2.32. The van der Waals surface area contributed by atoms with Gasteiger partial charge in [0.25, 0.3) is 0 Å². The molecule has 0 aliphatic heterocycles. The van der Waals surface area contributed by atoms with Crippen LogP contribution in [0.4, 0.5) is 0 Å². The second-order valence-electron chi connectivity index (χ2n) is 5.67. The van der Waals surface area contributed by atoms with E-state index < -0.39 is 0 Å². The summed E-state index contributed by atoms with van der Waals surface area (Å²) in [6.45, 7) is 11.9. The Labute approximate surface area is 117 Å². The van der Waals surface area contributed by atoms with E-state index in [9.17, 15) is 0 Å². The van der Waals surface area contributed by atoms with E-state index in [1.807, 2.05) is 11.8 Å². The van der Waals surface area contributed by atoms with Gasteiger partial charge in [-0.3, -0.25) is 4.40 Å². The first kappa shape index (κ1) is 13.9. The summed E-state index contributed by atoms with van der Waals surface area (Å²) < 4.78 is 2.39. The summed E-state index contributed by atoms with van der Waals surface area (Å²) in [4.78, 5) is 5.83. The third-order valence-corrected chi connectivity index (χ3v) is 4.29. The fourth-order valence-electron chi connectivity index (χ4n) is 1.65. The fourth-order valence-corrected chi connectivity index (χ4v) is 3.44. The standard InChI is InChI=1S/C13H21N3S2/c1-9(2)14-8-10-11(18-13(3,4)5)15-12-16(10)6-7-17-12/h6-7,9,14H,8H2,1-5H3. The van der Waals surface area contributed by atoms with Crippen LogP contribution in [0.15, 0.2) is 16.6 Å². The highest BCUT2D eigenvalue weighted by molar-refractivity contribution is 8.00. The number of hydrogen-bond acceptors (Lipinski definition) is 4. The van der Waals surface area contributed by atoms with Gasteiger partial charge in [0.05, 0.1) is 5.69 Å². The molecule has 0 saturated carbocycles. The maximum Gasteiger partial charge on any atom is 0.194 e. The zero-order valence-corrected chi connectivity index (χ0v) is 13.3. The first-order valence-electron chi connectivity index (χ1n) is 6.23. The van der Waals surface area contributed by atoms with E-state index in [1.54, 1.807) is 11.3 Å². The second kappa shape index (κ2) is 5.23. The van der Waals surface area contributed by atoms with Crippen LogP contribution in [0, 0.1) is 0 Å². The van der Waals surface area contributed by atoms with Gasteiger partial charge in [0.1, 0.15) is 5.03 Å². The number of imidazole rings is 1. The Bertz CT molecular complexity index is 520. The molecule has 0 aromatic carbocycles. The van der Waals surface area contributed by atoms with Crippen molar-refractivity contribution in [1.82, 2.24) is 14.7 Å². The number of thiazole rings is 1. The lowest BCUT2D eigenvalue weighted by Crippen LogP contribution is -2.23. The van der Waals surface area contributed by atoms with E-state index in [0.29, 0.717) is 6.04 Å². The van der Waals surface area contributed by atoms with Crippen molar-refractivity contribution in [3.05, 3.63) is 17.3 Å². The summed E-state index contributed by atoms with van der Waals surface area (Å²) in [5, 5.41) is 6.73. The molecule has 3 nitrogen and oxygen atoms in total. The van der Waals surface area contributed by atoms with E-state index in [-0.39, 0.29) is 4.75 Å². The van der Waals surface area contributed by atoms with Gasteiger partial charge in [0, 0.05) is 28.9 Å². The molecule has 0 aliphatic rings. The lowest BCUT2D eigenvalue weighted by atomic mass is 10.3. The number of nitrogens with zero attached hydrogens (tertiary/aromatic N) is 2. The van der Waals surface area contributed by atoms with Crippen molar-refractivity contribution in [2.45, 2.75) is 57.0 Å². The van der Waals surface area contributed by atoms with Crippen LogP contribution in [-0.2, 0) is 6.54 Å². The maximum absolute atomic E-state index is 4.74. The maximum atomic E-state index is 4.74. The van der Waals surface area contributed by atoms with Crippen LogP contribution in [0.1, 0.15) is 40.3 Å². The van der Waals surface area contributed by atoms with Gasteiger partial charge in [-0.05, 0) is 0 Å². The van der Waals surface area contributed by atoms with E-state index in [2.05, 4.69) is 55.9 Å². The molecule has 2 heterocycles. The highest BCUT2D eigenvalue weighted by Gasteiger charge is 2.20. The molecule has 100 valence electrons. The van der Waals surface area contributed by atoms with Crippen LogP contribution < -0.4 is 5.32 Å². The van der Waals surface area contributed by atoms with E-state index in [1.165, 1.54) is 5.69 Å². The van der Waals surface area contributed by atoms with E-state index >= 15 is 0 Å². The van der Waals surface area contributed by atoms with Crippen molar-refractivity contribution in [2.75, 3.05) is 0 Å². The quantitative estimate of drug-likeness (QED) is 0.866. The molecule has 0 bridgehead atoms. The summed E-state index contributed by atoms with van der Waals surface area (Å²) in [6, 6.07) is 0.488. The SMILES string of the molecule is CC(C)NCc1c(SC(C)(C)C)nc2sccn12. The molecule has 0 fully saturated rings. The smallest absolute Gasteiger partial charge is 0.194 e. The molecule has 1 N–H and O–H groups in total. The number of thioether (sulfide) groups is 1. The van der Waals surface area contributed by atoms with Crippen LogP contribution in [0.25, 0.3) is 4.96 Å². The molecule has 0 atom stereocenters. The van der Waals surface area contributed by atoms with E-state index in [0.717, 1.165) is 16.5 Å². The monoisotopic (exact) mass is 283 g/mol. The molecular formula is C13H21N3S2. The molecule has 0 spiro atoms. The summed E-state index contributed by atoms with van der Waals surface area (Å²) >= 11 is 3.54. The van der Waals surface area contributed by atoms with Crippen LogP contribution in [0.5, 0.6) is 0 Å². The lowest BCUT2D eigenvalue weighted by Gasteiger charge is -2.17. The van der Waals surface area contributed by atoms with Gasteiger partial charge < -0.3 is 5.32 Å². The van der Waals surface area contributed by atoms with Crippen molar-refractivity contribution in [3.8, 4) is 0 Å². The highest BCUT2D eigenvalue weighted by atomic mass is 32.2. The third-order valence-electron chi connectivity index (χ3n) is 2.40. The predicted molar refractivity (Wildman–Crippen MR) is 80.7 cm³/mol. The van der Waals surface area contributed by atoms with Gasteiger partial charge >= 0.3 is 0 Å². The first-order chi connectivity index (χ1) is 8.37. The number of fused-ring (bicyclic) bond motifs is 1. The highest BCUT2D eigenvalue weighted by Crippen LogP contribution is 2.34. The molecule has 0 saturated heterocycles. The van der Waals surface area contributed by atoms with Gasteiger partial charge in [-0.1, -0.05) is 46.4 Å². The summed E-state index contributed by atoms with van der Waals surface area (Å²) in [5.74, 6) is 0. The molecule has 0 unspecified atom stereocenters. The number of rotatable bonds is 4. The fraction of sp³-hybridized carbons (Fsp3) is 0.615. The van der Waals surface area contributed by atoms with Crippen molar-refractivity contribution in [1.29, 1.82) is 0 Å². The minimum atomic E-state index is 0.191. The number of nitrogens with one attached hydrogen (secondary N) is 1. The van der Waals surface area contributed by atoms with Gasteiger partial charge in [0.2, 0.25) is 0 Å². The third kappa shape index (κ3) is 3.28. The Kier molecular flexibility index (Phi) is 4.04. The van der Waals surface area contributed by atoms with Crippen LogP contribution >= 0.6 is 23.1 Å². The Morgan fingerprint density at radius 3 is 2.78 bits per heavy atom. The van der Waals surface area contributed by atoms with Gasteiger partial charge in [-0.2, -0.15) is 0 Å². The number of aromatic nitrogens is 2. The molecular weight excluding hydrogens is 262 g/mol. The van der Waals surface area contributed by atoms with E-state index in [4.69, 9.17) is 4.98 Å². The normalized spacial score (nSPS) is 12.8. The van der Waals surface area contributed by atoms with Crippen molar-refractivity contribution < 1.29 is 0 Å². The number of hydrogen-bond donors (Lipinski definition) is 1. The first-order valence-corrected chi connectivity index (χ1v) is 7.93. The average molecular weight is 283 g/mol. The minimum absolute atomic E-state index is 0.191. The molecule has 5 heteroatoms. The van der Waals surface area contributed by atoms with Crippen molar-refractivity contribution in [2.24, 2.45) is 0 Å². The zero-order chi connectivity index (χ0) is 13.3. The van der Waals surface area contributed by atoms with Crippen molar-refractivity contribution in [3.63, 3.8) is 0 Å². The second-order valence-corrected chi connectivity index (χ2v) is 8.36. The average Bonchev–Trinajstić information content (AvgIpc) is 2.72. The molecule has 2 aromatic rings. The molecule has 18 heavy (non-hydrogen) atoms. The Morgan fingerprint density at radius 1 is 1.44 bits per heavy atom. The van der Waals surface area contributed by atoms with Gasteiger partial charge in [-0.15, -0.1) is 11.3 Å². The van der Waals surface area contributed by atoms with Crippen molar-refractivity contribution >= 4 is 28.1 Å². The Morgan fingerprint density at radius 2 is 2.17 bits per heavy atom. The van der Waals surface area contributed by atoms with Crippen LogP contribution in [0.3, 0.4) is 0 Å². The summed E-state index contributed by atoms with van der Waals surface area (Å²) in [6.07, 6.45) is 2.11. The van der Waals surface area contributed by atoms with Crippen LogP contribution in [0.2, 0.25) is 0 Å². The Hall–Kier alpha value is -0.520. The van der Waals surface area contributed by atoms with Gasteiger partial charge in [0.15, 0.2) is 4.96 Å². The molecule has 0 aliphatic carbocycles. The largest absolute Gasteiger partial charge is 0.309 e. The lowest BCUT2D eigenvalue weighted by molar-refractivity contribution is 0.574. The molecule has 0 radical (unpaired) electrons.